The molecule has 0 aliphatic carbocycles. The molecule has 7 heteroatoms. The molecule has 0 aromatic heterocycles. The molecule has 2 heterocycles. The van der Waals surface area contributed by atoms with Crippen molar-refractivity contribution < 1.29 is 23.5 Å². The number of carbonyl (C=O) groups is 2. The Labute approximate surface area is 151 Å². The Bertz CT molecular complexity index is 711. The van der Waals surface area contributed by atoms with E-state index in [-0.39, 0.29) is 24.6 Å². The van der Waals surface area contributed by atoms with E-state index in [0.717, 1.165) is 12.8 Å². The highest BCUT2D eigenvalue weighted by Crippen LogP contribution is 2.32. The number of benzene rings is 1. The molecule has 1 aromatic carbocycles. The van der Waals surface area contributed by atoms with E-state index >= 15 is 0 Å². The summed E-state index contributed by atoms with van der Waals surface area (Å²) in [5.41, 5.74) is 1.52. The predicted molar refractivity (Wildman–Crippen MR) is 92.7 cm³/mol. The summed E-state index contributed by atoms with van der Waals surface area (Å²) in [6.45, 7) is 4.76. The molecule has 2 amide bonds. The minimum atomic E-state index is -0.678. The third-order valence-corrected chi connectivity index (χ3v) is 4.71. The summed E-state index contributed by atoms with van der Waals surface area (Å²) in [5.74, 6) is -0.869. The third-order valence-electron chi connectivity index (χ3n) is 4.71. The van der Waals surface area contributed by atoms with Crippen LogP contribution in [0.1, 0.15) is 38.3 Å². The molecule has 0 saturated carbocycles. The van der Waals surface area contributed by atoms with Crippen LogP contribution in [0.2, 0.25) is 0 Å². The topological polar surface area (TPSA) is 67.9 Å². The number of allylic oxidation sites excluding steroid dienone is 1. The largest absolute Gasteiger partial charge is 0.463 e. The summed E-state index contributed by atoms with van der Waals surface area (Å²) in [6.07, 6.45) is 1.81. The van der Waals surface area contributed by atoms with Crippen molar-refractivity contribution in [2.24, 2.45) is 0 Å². The summed E-state index contributed by atoms with van der Waals surface area (Å²) < 4.78 is 24.1. The third kappa shape index (κ3) is 3.72. The van der Waals surface area contributed by atoms with Gasteiger partial charge in [0.2, 0.25) is 0 Å². The van der Waals surface area contributed by atoms with Crippen LogP contribution < -0.4 is 5.32 Å². The standard InChI is InChI=1S/C19H23FN2O4/c1-3-25-18(23)16-12(2)22(11-15-5-4-10-26-15)19(24)21-17(16)13-6-8-14(20)9-7-13/h6-9,15,17H,3-5,10-11H2,1-2H3,(H,21,24)/t15-,17+/m1/s1. The zero-order valence-electron chi connectivity index (χ0n) is 15.0. The lowest BCUT2D eigenvalue weighted by Crippen LogP contribution is -2.50. The Morgan fingerprint density at radius 3 is 2.73 bits per heavy atom. The predicted octanol–water partition coefficient (Wildman–Crippen LogP) is 2.91. The molecule has 2 aliphatic heterocycles. The first-order chi connectivity index (χ1) is 12.5. The van der Waals surface area contributed by atoms with Gasteiger partial charge in [0.25, 0.3) is 0 Å². The van der Waals surface area contributed by atoms with E-state index in [1.54, 1.807) is 26.0 Å². The minimum Gasteiger partial charge on any atom is -0.463 e. The molecule has 1 aromatic rings. The molecule has 2 atom stereocenters. The number of esters is 1. The van der Waals surface area contributed by atoms with Crippen molar-refractivity contribution in [1.29, 1.82) is 0 Å². The number of hydrogen-bond acceptors (Lipinski definition) is 4. The fraction of sp³-hybridized carbons (Fsp3) is 0.474. The fourth-order valence-electron chi connectivity index (χ4n) is 3.37. The van der Waals surface area contributed by atoms with Gasteiger partial charge < -0.3 is 14.8 Å². The Kier molecular flexibility index (Phi) is 5.56. The molecule has 1 N–H and O–H groups in total. The Morgan fingerprint density at radius 2 is 2.12 bits per heavy atom. The van der Waals surface area contributed by atoms with Crippen LogP contribution in [-0.4, -0.2) is 42.8 Å². The van der Waals surface area contributed by atoms with Gasteiger partial charge >= 0.3 is 12.0 Å². The number of halogens is 1. The quantitative estimate of drug-likeness (QED) is 0.818. The van der Waals surface area contributed by atoms with Crippen molar-refractivity contribution in [3.8, 4) is 0 Å². The molecular weight excluding hydrogens is 339 g/mol. The van der Waals surface area contributed by atoms with Crippen molar-refractivity contribution in [2.45, 2.75) is 38.8 Å². The first kappa shape index (κ1) is 18.4. The summed E-state index contributed by atoms with van der Waals surface area (Å²) in [4.78, 5) is 26.8. The van der Waals surface area contributed by atoms with Gasteiger partial charge in [-0.2, -0.15) is 0 Å². The normalized spacial score (nSPS) is 23.2. The van der Waals surface area contributed by atoms with Gasteiger partial charge in [-0.05, 0) is 44.4 Å². The van der Waals surface area contributed by atoms with E-state index in [1.807, 2.05) is 0 Å². The van der Waals surface area contributed by atoms with Crippen molar-refractivity contribution in [3.63, 3.8) is 0 Å². The maximum atomic E-state index is 13.3. The number of amides is 2. The van der Waals surface area contributed by atoms with Crippen LogP contribution in [0.5, 0.6) is 0 Å². The highest BCUT2D eigenvalue weighted by Gasteiger charge is 2.37. The summed E-state index contributed by atoms with van der Waals surface area (Å²) in [7, 11) is 0. The van der Waals surface area contributed by atoms with Crippen LogP contribution in [-0.2, 0) is 14.3 Å². The van der Waals surface area contributed by atoms with E-state index in [9.17, 15) is 14.0 Å². The van der Waals surface area contributed by atoms with Crippen LogP contribution >= 0.6 is 0 Å². The fourth-order valence-corrected chi connectivity index (χ4v) is 3.37. The van der Waals surface area contributed by atoms with E-state index in [2.05, 4.69) is 5.32 Å². The van der Waals surface area contributed by atoms with Gasteiger partial charge in [0.15, 0.2) is 0 Å². The van der Waals surface area contributed by atoms with Crippen LogP contribution in [0.25, 0.3) is 0 Å². The van der Waals surface area contributed by atoms with Crippen LogP contribution in [0, 0.1) is 5.82 Å². The molecule has 140 valence electrons. The SMILES string of the molecule is CCOC(=O)C1=C(C)N(C[C@H]2CCCO2)C(=O)N[C@H]1c1ccc(F)cc1. The van der Waals surface area contributed by atoms with E-state index < -0.39 is 12.0 Å². The molecule has 2 aliphatic rings. The zero-order valence-corrected chi connectivity index (χ0v) is 15.0. The van der Waals surface area contributed by atoms with Gasteiger partial charge in [0, 0.05) is 12.3 Å². The van der Waals surface area contributed by atoms with Gasteiger partial charge in [0.1, 0.15) is 5.82 Å². The van der Waals surface area contributed by atoms with Crippen molar-refractivity contribution in [2.75, 3.05) is 19.8 Å². The maximum Gasteiger partial charge on any atom is 0.338 e. The highest BCUT2D eigenvalue weighted by atomic mass is 19.1. The maximum absolute atomic E-state index is 13.3. The lowest BCUT2D eigenvalue weighted by Gasteiger charge is -2.36. The van der Waals surface area contributed by atoms with Crippen molar-refractivity contribution >= 4 is 12.0 Å². The van der Waals surface area contributed by atoms with E-state index in [0.29, 0.717) is 30.0 Å². The van der Waals surface area contributed by atoms with Crippen LogP contribution in [0.4, 0.5) is 9.18 Å². The molecule has 0 radical (unpaired) electrons. The highest BCUT2D eigenvalue weighted by molar-refractivity contribution is 5.95. The Balaban J connectivity index is 1.96. The Hall–Kier alpha value is -2.41. The lowest BCUT2D eigenvalue weighted by atomic mass is 9.94. The number of nitrogens with one attached hydrogen (secondary N) is 1. The van der Waals surface area contributed by atoms with Crippen LogP contribution in [0.15, 0.2) is 35.5 Å². The molecule has 26 heavy (non-hydrogen) atoms. The molecule has 1 fully saturated rings. The minimum absolute atomic E-state index is 0.0403. The summed E-state index contributed by atoms with van der Waals surface area (Å²) >= 11 is 0. The van der Waals surface area contributed by atoms with Gasteiger partial charge in [0.05, 0.1) is 30.9 Å². The van der Waals surface area contributed by atoms with Gasteiger partial charge in [-0.25, -0.2) is 14.0 Å². The molecular formula is C19H23FN2O4. The number of urea groups is 1. The van der Waals surface area contributed by atoms with E-state index in [1.165, 1.54) is 17.0 Å². The van der Waals surface area contributed by atoms with Gasteiger partial charge in [-0.15, -0.1) is 0 Å². The van der Waals surface area contributed by atoms with Crippen molar-refractivity contribution in [1.82, 2.24) is 10.2 Å². The number of ether oxygens (including phenoxy) is 2. The molecule has 1 saturated heterocycles. The number of rotatable bonds is 5. The lowest BCUT2D eigenvalue weighted by molar-refractivity contribution is -0.139. The number of carbonyl (C=O) groups excluding carboxylic acids is 2. The second-order valence-electron chi connectivity index (χ2n) is 6.40. The van der Waals surface area contributed by atoms with E-state index in [4.69, 9.17) is 9.47 Å². The van der Waals surface area contributed by atoms with Gasteiger partial charge in [-0.1, -0.05) is 12.1 Å². The summed E-state index contributed by atoms with van der Waals surface area (Å²) in [5, 5.41) is 2.85. The first-order valence-electron chi connectivity index (χ1n) is 8.84. The number of nitrogens with zero attached hydrogens (tertiary/aromatic N) is 1. The zero-order chi connectivity index (χ0) is 18.7. The molecule has 0 bridgehead atoms. The Morgan fingerprint density at radius 1 is 1.38 bits per heavy atom. The molecule has 3 rings (SSSR count). The smallest absolute Gasteiger partial charge is 0.338 e. The molecule has 0 spiro atoms. The average Bonchev–Trinajstić information content (AvgIpc) is 3.12. The average molecular weight is 362 g/mol. The van der Waals surface area contributed by atoms with Crippen LogP contribution in [0.3, 0.4) is 0 Å². The summed E-state index contributed by atoms with van der Waals surface area (Å²) in [6, 6.07) is 4.74. The monoisotopic (exact) mass is 362 g/mol. The second-order valence-corrected chi connectivity index (χ2v) is 6.40. The number of hydrogen-bond donors (Lipinski definition) is 1. The second kappa shape index (κ2) is 7.86. The first-order valence-corrected chi connectivity index (χ1v) is 8.84. The molecule has 0 unspecified atom stereocenters. The van der Waals surface area contributed by atoms with Crippen molar-refractivity contribution in [3.05, 3.63) is 46.9 Å². The molecule has 6 nitrogen and oxygen atoms in total. The van der Waals surface area contributed by atoms with Gasteiger partial charge in [-0.3, -0.25) is 4.90 Å².